The van der Waals surface area contributed by atoms with Crippen LogP contribution in [-0.4, -0.2) is 40.2 Å². The fourth-order valence-electron chi connectivity index (χ4n) is 4.02. The van der Waals surface area contributed by atoms with Gasteiger partial charge in [-0.2, -0.15) is 0 Å². The molecule has 0 spiro atoms. The number of ether oxygens (including phenoxy) is 1. The molecule has 30 heavy (non-hydrogen) atoms. The summed E-state index contributed by atoms with van der Waals surface area (Å²) in [6, 6.07) is 15.0. The number of carbonyl (C=O) groups excluding carboxylic acids is 1. The van der Waals surface area contributed by atoms with Crippen LogP contribution in [0.2, 0.25) is 0 Å². The SMILES string of the molecule is CCCN(C(=O)OCC1c2ccccc2-c2ccccc21)C(C(=O)O)c1cscn1. The van der Waals surface area contributed by atoms with E-state index in [2.05, 4.69) is 17.1 Å². The maximum Gasteiger partial charge on any atom is 0.410 e. The molecule has 0 aliphatic heterocycles. The van der Waals surface area contributed by atoms with Crippen LogP contribution in [0.25, 0.3) is 11.1 Å². The van der Waals surface area contributed by atoms with Gasteiger partial charge in [0.2, 0.25) is 0 Å². The molecule has 0 bridgehead atoms. The molecule has 1 N–H and O–H groups in total. The van der Waals surface area contributed by atoms with Crippen molar-refractivity contribution in [1.29, 1.82) is 0 Å². The quantitative estimate of drug-likeness (QED) is 0.584. The molecule has 4 rings (SSSR count). The molecular weight excluding hydrogens is 400 g/mol. The third kappa shape index (κ3) is 3.68. The summed E-state index contributed by atoms with van der Waals surface area (Å²) in [6.07, 6.45) is -0.0305. The van der Waals surface area contributed by atoms with E-state index in [0.29, 0.717) is 12.1 Å². The normalized spacial score (nSPS) is 13.4. The van der Waals surface area contributed by atoms with E-state index in [1.165, 1.54) is 16.2 Å². The lowest BCUT2D eigenvalue weighted by Crippen LogP contribution is -2.40. The van der Waals surface area contributed by atoms with Gasteiger partial charge in [0.1, 0.15) is 6.61 Å². The average molecular weight is 423 g/mol. The van der Waals surface area contributed by atoms with Crippen LogP contribution in [0.3, 0.4) is 0 Å². The molecule has 0 saturated carbocycles. The maximum absolute atomic E-state index is 13.0. The summed E-state index contributed by atoms with van der Waals surface area (Å²) in [7, 11) is 0. The van der Waals surface area contributed by atoms with Crippen molar-refractivity contribution in [3.05, 3.63) is 76.2 Å². The minimum absolute atomic E-state index is 0.0765. The molecule has 3 aromatic rings. The highest BCUT2D eigenvalue weighted by Crippen LogP contribution is 2.44. The predicted octanol–water partition coefficient (Wildman–Crippen LogP) is 4.93. The van der Waals surface area contributed by atoms with E-state index in [1.807, 2.05) is 43.3 Å². The van der Waals surface area contributed by atoms with Gasteiger partial charge in [0.25, 0.3) is 0 Å². The molecule has 1 unspecified atom stereocenters. The molecular formula is C23H22N2O4S. The number of nitrogens with zero attached hydrogens (tertiary/aromatic N) is 2. The van der Waals surface area contributed by atoms with Gasteiger partial charge >= 0.3 is 12.1 Å². The molecule has 0 saturated heterocycles. The second-order valence-electron chi connectivity index (χ2n) is 7.15. The molecule has 1 heterocycles. The van der Waals surface area contributed by atoms with Crippen LogP contribution in [0.4, 0.5) is 4.79 Å². The first-order valence-corrected chi connectivity index (χ1v) is 10.8. The summed E-state index contributed by atoms with van der Waals surface area (Å²) < 4.78 is 5.68. The van der Waals surface area contributed by atoms with E-state index in [0.717, 1.165) is 22.3 Å². The van der Waals surface area contributed by atoms with Gasteiger partial charge in [0.15, 0.2) is 6.04 Å². The smallest absolute Gasteiger partial charge is 0.410 e. The Bertz CT molecular complexity index is 1010. The maximum atomic E-state index is 13.0. The van der Waals surface area contributed by atoms with Gasteiger partial charge in [0.05, 0.1) is 11.2 Å². The molecule has 0 radical (unpaired) electrons. The van der Waals surface area contributed by atoms with Gasteiger partial charge in [-0.15, -0.1) is 11.3 Å². The number of amides is 1. The number of thiazole rings is 1. The number of hydrogen-bond donors (Lipinski definition) is 1. The molecule has 154 valence electrons. The van der Waals surface area contributed by atoms with Gasteiger partial charge in [-0.3, -0.25) is 4.90 Å². The Hall–Kier alpha value is -3.19. The number of fused-ring (bicyclic) bond motifs is 3. The molecule has 6 nitrogen and oxygen atoms in total. The van der Waals surface area contributed by atoms with Gasteiger partial charge in [-0.1, -0.05) is 55.5 Å². The molecule has 1 amide bonds. The van der Waals surface area contributed by atoms with Crippen LogP contribution >= 0.6 is 11.3 Å². The molecule has 1 aliphatic rings. The third-order valence-electron chi connectivity index (χ3n) is 5.31. The number of hydrogen-bond acceptors (Lipinski definition) is 5. The van der Waals surface area contributed by atoms with Crippen molar-refractivity contribution in [3.8, 4) is 11.1 Å². The Morgan fingerprint density at radius 2 is 1.77 bits per heavy atom. The van der Waals surface area contributed by atoms with E-state index in [1.54, 1.807) is 10.9 Å². The molecule has 0 fully saturated rings. The molecule has 1 atom stereocenters. The Kier molecular flexibility index (Phi) is 5.81. The molecule has 1 aromatic heterocycles. The monoisotopic (exact) mass is 422 g/mol. The number of carbonyl (C=O) groups is 2. The fraction of sp³-hybridized carbons (Fsp3) is 0.261. The highest BCUT2D eigenvalue weighted by Gasteiger charge is 2.35. The number of carboxylic acid groups (broad SMARTS) is 1. The van der Waals surface area contributed by atoms with Gasteiger partial charge in [-0.25, -0.2) is 14.6 Å². The minimum Gasteiger partial charge on any atom is -0.479 e. The van der Waals surface area contributed by atoms with Crippen molar-refractivity contribution in [1.82, 2.24) is 9.88 Å². The van der Waals surface area contributed by atoms with E-state index >= 15 is 0 Å². The van der Waals surface area contributed by atoms with Crippen LogP contribution in [0, 0.1) is 0 Å². The summed E-state index contributed by atoms with van der Waals surface area (Å²) in [4.78, 5) is 30.3. The van der Waals surface area contributed by atoms with Gasteiger partial charge in [0, 0.05) is 17.8 Å². The fourth-order valence-corrected chi connectivity index (χ4v) is 4.59. The van der Waals surface area contributed by atoms with Gasteiger partial charge in [-0.05, 0) is 28.7 Å². The largest absolute Gasteiger partial charge is 0.479 e. The zero-order valence-electron chi connectivity index (χ0n) is 16.5. The molecule has 2 aromatic carbocycles. The zero-order chi connectivity index (χ0) is 21.1. The van der Waals surface area contributed by atoms with Crippen molar-refractivity contribution < 1.29 is 19.4 Å². The standard InChI is InChI=1S/C23H22N2O4S/c1-2-11-25(21(22(26)27)20-13-30-14-24-20)23(28)29-12-19-17-9-5-3-7-15(17)16-8-4-6-10-18(16)19/h3-10,13-14,19,21H,2,11-12H2,1H3,(H,26,27). The van der Waals surface area contributed by atoms with Crippen molar-refractivity contribution in [3.63, 3.8) is 0 Å². The first kappa shape index (κ1) is 20.1. The van der Waals surface area contributed by atoms with E-state index in [-0.39, 0.29) is 19.1 Å². The number of benzene rings is 2. The number of aromatic nitrogens is 1. The first-order valence-electron chi connectivity index (χ1n) is 9.84. The van der Waals surface area contributed by atoms with Crippen LogP contribution < -0.4 is 0 Å². The van der Waals surface area contributed by atoms with Gasteiger partial charge < -0.3 is 9.84 Å². The molecule has 1 aliphatic carbocycles. The Balaban J connectivity index is 1.56. The average Bonchev–Trinajstić information content (AvgIpc) is 3.38. The highest BCUT2D eigenvalue weighted by molar-refractivity contribution is 7.07. The Morgan fingerprint density at radius 1 is 1.13 bits per heavy atom. The number of carboxylic acids is 1. The third-order valence-corrected chi connectivity index (χ3v) is 5.92. The van der Waals surface area contributed by atoms with E-state index < -0.39 is 18.1 Å². The molecule has 7 heteroatoms. The zero-order valence-corrected chi connectivity index (χ0v) is 17.3. The lowest BCUT2D eigenvalue weighted by molar-refractivity contribution is -0.143. The second kappa shape index (κ2) is 8.67. The predicted molar refractivity (Wildman–Crippen MR) is 115 cm³/mol. The summed E-state index contributed by atoms with van der Waals surface area (Å²) in [5.41, 5.74) is 6.42. The van der Waals surface area contributed by atoms with Crippen LogP contribution in [0.5, 0.6) is 0 Å². The van der Waals surface area contributed by atoms with Crippen LogP contribution in [0.15, 0.2) is 59.4 Å². The van der Waals surface area contributed by atoms with E-state index in [9.17, 15) is 14.7 Å². The van der Waals surface area contributed by atoms with Crippen molar-refractivity contribution >= 4 is 23.4 Å². The van der Waals surface area contributed by atoms with Crippen LogP contribution in [0.1, 0.15) is 42.1 Å². The minimum atomic E-state index is -1.16. The topological polar surface area (TPSA) is 79.7 Å². The van der Waals surface area contributed by atoms with Crippen molar-refractivity contribution in [2.75, 3.05) is 13.2 Å². The highest BCUT2D eigenvalue weighted by atomic mass is 32.1. The number of aliphatic carboxylic acids is 1. The summed E-state index contributed by atoms with van der Waals surface area (Å²) in [5.74, 6) is -1.20. The lowest BCUT2D eigenvalue weighted by atomic mass is 9.98. The Morgan fingerprint density at radius 3 is 2.30 bits per heavy atom. The van der Waals surface area contributed by atoms with Crippen LogP contribution in [-0.2, 0) is 9.53 Å². The summed E-state index contributed by atoms with van der Waals surface area (Å²) >= 11 is 1.30. The first-order chi connectivity index (χ1) is 14.6. The Labute approximate surface area is 178 Å². The lowest BCUT2D eigenvalue weighted by Gasteiger charge is -2.27. The summed E-state index contributed by atoms with van der Waals surface area (Å²) in [6.45, 7) is 2.31. The number of rotatable bonds is 7. The van der Waals surface area contributed by atoms with E-state index in [4.69, 9.17) is 4.74 Å². The summed E-state index contributed by atoms with van der Waals surface area (Å²) in [5, 5.41) is 11.4. The second-order valence-corrected chi connectivity index (χ2v) is 7.87. The van der Waals surface area contributed by atoms with Crippen molar-refractivity contribution in [2.45, 2.75) is 25.3 Å². The van der Waals surface area contributed by atoms with Crippen molar-refractivity contribution in [2.24, 2.45) is 0 Å².